The lowest BCUT2D eigenvalue weighted by Gasteiger charge is -1.95. The van der Waals surface area contributed by atoms with Gasteiger partial charge in [-0.25, -0.2) is 4.98 Å². The Kier molecular flexibility index (Phi) is 3.31. The molecule has 78 valence electrons. The first-order valence-corrected chi connectivity index (χ1v) is 6.10. The molecule has 0 N–H and O–H groups in total. The molecule has 2 nitrogen and oxygen atoms in total. The van der Waals surface area contributed by atoms with Crippen LogP contribution in [0.15, 0.2) is 28.7 Å². The number of hydrogen-bond acceptors (Lipinski definition) is 2. The second kappa shape index (κ2) is 4.53. The van der Waals surface area contributed by atoms with Crippen LogP contribution < -0.4 is 0 Å². The lowest BCUT2D eigenvalue weighted by molar-refractivity contribution is 0.536. The minimum absolute atomic E-state index is 0.364. The SMILES string of the molecule is Cc1nc(-c2cccc(I)c2)oc1CCl. The molecule has 0 spiro atoms. The summed E-state index contributed by atoms with van der Waals surface area (Å²) in [6, 6.07) is 8.02. The molecule has 0 saturated carbocycles. The highest BCUT2D eigenvalue weighted by Gasteiger charge is 2.10. The average Bonchev–Trinajstić information content (AvgIpc) is 2.60. The monoisotopic (exact) mass is 333 g/mol. The molecule has 0 aliphatic rings. The van der Waals surface area contributed by atoms with Gasteiger partial charge in [-0.2, -0.15) is 0 Å². The van der Waals surface area contributed by atoms with E-state index in [1.165, 1.54) is 0 Å². The molecule has 0 aliphatic carbocycles. The predicted molar refractivity (Wildman–Crippen MR) is 69.0 cm³/mol. The molecule has 0 aliphatic heterocycles. The molecule has 4 heteroatoms. The number of aryl methyl sites for hydroxylation is 1. The van der Waals surface area contributed by atoms with Gasteiger partial charge in [0.05, 0.1) is 11.6 Å². The Labute approximate surface area is 107 Å². The third-order valence-corrected chi connectivity index (χ3v) is 3.00. The van der Waals surface area contributed by atoms with Gasteiger partial charge in [-0.3, -0.25) is 0 Å². The summed E-state index contributed by atoms with van der Waals surface area (Å²) in [4.78, 5) is 4.34. The number of hydrogen-bond donors (Lipinski definition) is 0. The van der Waals surface area contributed by atoms with E-state index in [0.717, 1.165) is 20.6 Å². The van der Waals surface area contributed by atoms with Crippen molar-refractivity contribution in [2.24, 2.45) is 0 Å². The molecule has 2 aromatic rings. The van der Waals surface area contributed by atoms with Crippen LogP contribution >= 0.6 is 34.2 Å². The molecule has 1 heterocycles. The van der Waals surface area contributed by atoms with Gasteiger partial charge in [0.2, 0.25) is 5.89 Å². The third kappa shape index (κ3) is 2.34. The zero-order valence-electron chi connectivity index (χ0n) is 8.13. The van der Waals surface area contributed by atoms with Crippen LogP contribution in [0.25, 0.3) is 11.5 Å². The van der Waals surface area contributed by atoms with Gasteiger partial charge in [0.1, 0.15) is 5.76 Å². The van der Waals surface area contributed by atoms with Crippen molar-refractivity contribution < 1.29 is 4.42 Å². The van der Waals surface area contributed by atoms with Crippen LogP contribution in [-0.4, -0.2) is 4.98 Å². The highest BCUT2D eigenvalue weighted by atomic mass is 127. The van der Waals surface area contributed by atoms with Gasteiger partial charge in [-0.05, 0) is 47.7 Å². The number of benzene rings is 1. The Morgan fingerprint density at radius 1 is 1.47 bits per heavy atom. The van der Waals surface area contributed by atoms with Crippen molar-refractivity contribution in [3.8, 4) is 11.5 Å². The first-order valence-electron chi connectivity index (χ1n) is 4.49. The maximum absolute atomic E-state index is 5.73. The van der Waals surface area contributed by atoms with Crippen LogP contribution in [0.1, 0.15) is 11.5 Å². The molecule has 0 fully saturated rings. The summed E-state index contributed by atoms with van der Waals surface area (Å²) in [6.07, 6.45) is 0. The molecule has 1 aromatic carbocycles. The maximum atomic E-state index is 5.73. The average molecular weight is 334 g/mol. The zero-order chi connectivity index (χ0) is 10.8. The number of aromatic nitrogens is 1. The molecule has 0 radical (unpaired) electrons. The minimum atomic E-state index is 0.364. The lowest BCUT2D eigenvalue weighted by Crippen LogP contribution is -1.79. The molecule has 0 unspecified atom stereocenters. The van der Waals surface area contributed by atoms with Crippen molar-refractivity contribution >= 4 is 34.2 Å². The van der Waals surface area contributed by atoms with E-state index in [4.69, 9.17) is 16.0 Å². The fourth-order valence-corrected chi connectivity index (χ4v) is 2.09. The van der Waals surface area contributed by atoms with Crippen LogP contribution in [0.5, 0.6) is 0 Å². The molecule has 15 heavy (non-hydrogen) atoms. The molecular weight excluding hydrogens is 324 g/mol. The van der Waals surface area contributed by atoms with E-state index in [1.54, 1.807) is 0 Å². The van der Waals surface area contributed by atoms with Gasteiger partial charge in [0, 0.05) is 9.13 Å². The largest absolute Gasteiger partial charge is 0.440 e. The Morgan fingerprint density at radius 2 is 2.27 bits per heavy atom. The van der Waals surface area contributed by atoms with Gasteiger partial charge in [-0.1, -0.05) is 6.07 Å². The quantitative estimate of drug-likeness (QED) is 0.613. The van der Waals surface area contributed by atoms with Crippen molar-refractivity contribution in [3.05, 3.63) is 39.3 Å². The second-order valence-corrected chi connectivity index (χ2v) is 4.68. The second-order valence-electron chi connectivity index (χ2n) is 3.17. The van der Waals surface area contributed by atoms with Gasteiger partial charge in [0.15, 0.2) is 0 Å². The molecule has 0 saturated heterocycles. The summed E-state index contributed by atoms with van der Waals surface area (Å²) >= 11 is 7.99. The summed E-state index contributed by atoms with van der Waals surface area (Å²) < 4.78 is 6.72. The standard InChI is InChI=1S/C11H9ClINO/c1-7-10(6-12)15-11(14-7)8-3-2-4-9(13)5-8/h2-5H,6H2,1H3. The van der Waals surface area contributed by atoms with E-state index in [9.17, 15) is 0 Å². The predicted octanol–water partition coefficient (Wildman–Crippen LogP) is 3.99. The Hall–Kier alpha value is -0.550. The van der Waals surface area contributed by atoms with Crippen molar-refractivity contribution in [2.45, 2.75) is 12.8 Å². The Bertz CT molecular complexity index is 481. The van der Waals surface area contributed by atoms with Crippen LogP contribution in [0.2, 0.25) is 0 Å². The lowest BCUT2D eigenvalue weighted by atomic mass is 10.2. The Balaban J connectivity index is 2.45. The number of halogens is 2. The topological polar surface area (TPSA) is 26.0 Å². The van der Waals surface area contributed by atoms with E-state index in [-0.39, 0.29) is 0 Å². The van der Waals surface area contributed by atoms with Gasteiger partial charge < -0.3 is 4.42 Å². The number of alkyl halides is 1. The van der Waals surface area contributed by atoms with Crippen molar-refractivity contribution in [1.29, 1.82) is 0 Å². The fraction of sp³-hybridized carbons (Fsp3) is 0.182. The van der Waals surface area contributed by atoms with Crippen LogP contribution in [0, 0.1) is 10.5 Å². The Morgan fingerprint density at radius 3 is 2.87 bits per heavy atom. The van der Waals surface area contributed by atoms with Crippen molar-refractivity contribution in [3.63, 3.8) is 0 Å². The smallest absolute Gasteiger partial charge is 0.226 e. The van der Waals surface area contributed by atoms with Crippen molar-refractivity contribution in [1.82, 2.24) is 4.98 Å². The molecule has 1 aromatic heterocycles. The van der Waals surface area contributed by atoms with E-state index >= 15 is 0 Å². The number of oxazole rings is 1. The fourth-order valence-electron chi connectivity index (χ4n) is 1.30. The summed E-state index contributed by atoms with van der Waals surface area (Å²) in [5.41, 5.74) is 1.85. The van der Waals surface area contributed by atoms with Crippen LogP contribution in [0.3, 0.4) is 0 Å². The van der Waals surface area contributed by atoms with E-state index < -0.39 is 0 Å². The van der Waals surface area contributed by atoms with E-state index in [1.807, 2.05) is 31.2 Å². The number of rotatable bonds is 2. The van der Waals surface area contributed by atoms with Crippen LogP contribution in [0.4, 0.5) is 0 Å². The first kappa shape index (κ1) is 11.0. The van der Waals surface area contributed by atoms with E-state index in [0.29, 0.717) is 11.8 Å². The molecule has 0 bridgehead atoms. The molecule has 0 atom stereocenters. The highest BCUT2D eigenvalue weighted by Crippen LogP contribution is 2.23. The van der Waals surface area contributed by atoms with E-state index in [2.05, 4.69) is 27.6 Å². The van der Waals surface area contributed by atoms with Crippen LogP contribution in [-0.2, 0) is 5.88 Å². The summed E-state index contributed by atoms with van der Waals surface area (Å²) in [5.74, 6) is 1.75. The van der Waals surface area contributed by atoms with Gasteiger partial charge in [-0.15, -0.1) is 11.6 Å². The third-order valence-electron chi connectivity index (χ3n) is 2.09. The first-order chi connectivity index (χ1) is 7.20. The van der Waals surface area contributed by atoms with Crippen molar-refractivity contribution in [2.75, 3.05) is 0 Å². The molecular formula is C11H9ClINO. The maximum Gasteiger partial charge on any atom is 0.226 e. The minimum Gasteiger partial charge on any atom is -0.440 e. The highest BCUT2D eigenvalue weighted by molar-refractivity contribution is 14.1. The summed E-state index contributed by atoms with van der Waals surface area (Å²) in [5, 5.41) is 0. The molecule has 2 rings (SSSR count). The van der Waals surface area contributed by atoms with Gasteiger partial charge >= 0.3 is 0 Å². The summed E-state index contributed by atoms with van der Waals surface area (Å²) in [7, 11) is 0. The molecule has 0 amide bonds. The normalized spacial score (nSPS) is 10.6. The zero-order valence-corrected chi connectivity index (χ0v) is 11.0. The summed E-state index contributed by atoms with van der Waals surface area (Å²) in [6.45, 7) is 1.90. The number of nitrogens with zero attached hydrogens (tertiary/aromatic N) is 1. The van der Waals surface area contributed by atoms with Gasteiger partial charge in [0.25, 0.3) is 0 Å².